The predicted molar refractivity (Wildman–Crippen MR) is 110 cm³/mol. The number of aryl methyl sites for hydroxylation is 1. The first-order valence-corrected chi connectivity index (χ1v) is 10.2. The first-order valence-electron chi connectivity index (χ1n) is 9.02. The summed E-state index contributed by atoms with van der Waals surface area (Å²) in [4.78, 5) is 32.3. The number of amides is 1. The van der Waals surface area contributed by atoms with Gasteiger partial charge in [0.25, 0.3) is 5.56 Å². The molecule has 140 valence electrons. The smallest absolute Gasteiger partial charge is 0.263 e. The molecule has 0 unspecified atom stereocenters. The van der Waals surface area contributed by atoms with E-state index in [4.69, 9.17) is 11.6 Å². The fourth-order valence-corrected chi connectivity index (χ4v) is 4.99. The van der Waals surface area contributed by atoms with E-state index in [1.807, 2.05) is 0 Å². The molecular formula is C20H20ClN3O2S. The maximum absolute atomic E-state index is 13.1. The van der Waals surface area contributed by atoms with Crippen molar-refractivity contribution >= 4 is 44.7 Å². The lowest BCUT2D eigenvalue weighted by atomic mass is 9.89. The van der Waals surface area contributed by atoms with Gasteiger partial charge in [-0.3, -0.25) is 14.2 Å². The lowest BCUT2D eigenvalue weighted by Crippen LogP contribution is -2.32. The second-order valence-electron chi connectivity index (χ2n) is 7.16. The average molecular weight is 402 g/mol. The third-order valence-corrected chi connectivity index (χ3v) is 6.56. The molecule has 0 spiro atoms. The van der Waals surface area contributed by atoms with Crippen molar-refractivity contribution in [3.63, 3.8) is 0 Å². The molecule has 0 saturated carbocycles. The van der Waals surface area contributed by atoms with Crippen LogP contribution in [0, 0.1) is 5.92 Å². The molecular weight excluding hydrogens is 382 g/mol. The highest BCUT2D eigenvalue weighted by atomic mass is 35.5. The first kappa shape index (κ1) is 18.2. The van der Waals surface area contributed by atoms with E-state index < -0.39 is 6.04 Å². The van der Waals surface area contributed by atoms with Gasteiger partial charge in [-0.05, 0) is 61.9 Å². The molecule has 27 heavy (non-hydrogen) atoms. The molecule has 0 radical (unpaired) electrons. The van der Waals surface area contributed by atoms with Crippen LogP contribution < -0.4 is 10.9 Å². The second-order valence-corrected chi connectivity index (χ2v) is 8.68. The van der Waals surface area contributed by atoms with Crippen LogP contribution >= 0.6 is 22.9 Å². The normalized spacial score (nSPS) is 17.5. The number of nitrogens with zero attached hydrogens (tertiary/aromatic N) is 2. The van der Waals surface area contributed by atoms with Crippen LogP contribution in [0.2, 0.25) is 5.02 Å². The van der Waals surface area contributed by atoms with E-state index in [1.165, 1.54) is 15.8 Å². The predicted octanol–water partition coefficient (Wildman–Crippen LogP) is 4.44. The van der Waals surface area contributed by atoms with Crippen LogP contribution in [0.25, 0.3) is 10.2 Å². The van der Waals surface area contributed by atoms with Crippen LogP contribution in [0.5, 0.6) is 0 Å². The molecule has 1 aliphatic carbocycles. The van der Waals surface area contributed by atoms with Crippen molar-refractivity contribution in [3.8, 4) is 0 Å². The van der Waals surface area contributed by atoms with Crippen LogP contribution in [-0.4, -0.2) is 15.5 Å². The summed E-state index contributed by atoms with van der Waals surface area (Å²) in [5.74, 6) is 0.371. The fourth-order valence-electron chi connectivity index (χ4n) is 3.53. The lowest BCUT2D eigenvalue weighted by Gasteiger charge is -2.18. The number of thiophene rings is 1. The fraction of sp³-hybridized carbons (Fsp3) is 0.350. The van der Waals surface area contributed by atoms with Gasteiger partial charge in [0.1, 0.15) is 10.9 Å². The van der Waals surface area contributed by atoms with Gasteiger partial charge in [-0.15, -0.1) is 11.3 Å². The molecule has 5 nitrogen and oxygen atoms in total. The Labute approximate surface area is 166 Å². The van der Waals surface area contributed by atoms with Gasteiger partial charge in [-0.2, -0.15) is 0 Å². The van der Waals surface area contributed by atoms with Gasteiger partial charge < -0.3 is 5.32 Å². The molecule has 1 aliphatic rings. The van der Waals surface area contributed by atoms with E-state index in [0.29, 0.717) is 22.0 Å². The maximum Gasteiger partial charge on any atom is 0.263 e. The zero-order valence-electron chi connectivity index (χ0n) is 15.2. The number of rotatable bonds is 3. The Kier molecular flexibility index (Phi) is 4.78. The highest BCUT2D eigenvalue weighted by Gasteiger charge is 2.25. The summed E-state index contributed by atoms with van der Waals surface area (Å²) in [6.07, 6.45) is 4.48. The molecule has 1 amide bonds. The Morgan fingerprint density at radius 2 is 2.11 bits per heavy atom. The quantitative estimate of drug-likeness (QED) is 0.705. The van der Waals surface area contributed by atoms with Crippen LogP contribution in [-0.2, 0) is 17.6 Å². The van der Waals surface area contributed by atoms with E-state index in [9.17, 15) is 9.59 Å². The molecule has 1 aromatic carbocycles. The molecule has 3 aromatic rings. The summed E-state index contributed by atoms with van der Waals surface area (Å²) in [6.45, 7) is 3.95. The number of benzene rings is 1. The summed E-state index contributed by atoms with van der Waals surface area (Å²) in [7, 11) is 0. The number of hydrogen-bond acceptors (Lipinski definition) is 4. The molecule has 2 heterocycles. The molecule has 4 rings (SSSR count). The number of nitrogens with one attached hydrogen (secondary N) is 1. The lowest BCUT2D eigenvalue weighted by molar-refractivity contribution is -0.118. The molecule has 7 heteroatoms. The van der Waals surface area contributed by atoms with E-state index in [-0.39, 0.29) is 11.5 Å². The molecule has 0 fully saturated rings. The summed E-state index contributed by atoms with van der Waals surface area (Å²) in [6, 6.07) is 6.21. The molecule has 0 bridgehead atoms. The largest absolute Gasteiger partial charge is 0.324 e. The van der Waals surface area contributed by atoms with E-state index in [1.54, 1.807) is 42.5 Å². The summed E-state index contributed by atoms with van der Waals surface area (Å²) in [5.41, 5.74) is 1.64. The van der Waals surface area contributed by atoms with Gasteiger partial charge in [-0.25, -0.2) is 4.98 Å². The average Bonchev–Trinajstić information content (AvgIpc) is 3.01. The number of anilines is 1. The highest BCUT2D eigenvalue weighted by Crippen LogP contribution is 2.35. The van der Waals surface area contributed by atoms with Crippen LogP contribution in [0.1, 0.15) is 36.8 Å². The Morgan fingerprint density at radius 1 is 1.37 bits per heavy atom. The van der Waals surface area contributed by atoms with Crippen molar-refractivity contribution in [2.75, 3.05) is 5.32 Å². The summed E-state index contributed by atoms with van der Waals surface area (Å²) in [5, 5.41) is 4.11. The Morgan fingerprint density at radius 3 is 2.85 bits per heavy atom. The Balaban J connectivity index is 1.66. The van der Waals surface area contributed by atoms with Gasteiger partial charge in [0.2, 0.25) is 5.91 Å². The van der Waals surface area contributed by atoms with Crippen molar-refractivity contribution in [2.45, 2.75) is 39.2 Å². The molecule has 2 aromatic heterocycles. The van der Waals surface area contributed by atoms with E-state index in [2.05, 4.69) is 17.2 Å². The standard InChI is InChI=1S/C20H20ClN3O2S/c1-11-3-8-15-16(9-11)27-19-17(15)20(26)24(10-22-19)12(2)18(25)23-14-6-4-13(21)5-7-14/h4-7,10-12H,3,8-9H2,1-2H3,(H,23,25)/t11-,12+/m0/s1. The van der Waals surface area contributed by atoms with Crippen molar-refractivity contribution in [1.29, 1.82) is 0 Å². The first-order chi connectivity index (χ1) is 12.9. The van der Waals surface area contributed by atoms with Gasteiger partial charge in [-0.1, -0.05) is 18.5 Å². The SMILES string of the molecule is C[C@H]1CCc2c(sc3ncn([C@H](C)C(=O)Nc4ccc(Cl)cc4)c(=O)c23)C1. The van der Waals surface area contributed by atoms with Crippen molar-refractivity contribution < 1.29 is 4.79 Å². The van der Waals surface area contributed by atoms with Crippen molar-refractivity contribution in [2.24, 2.45) is 5.92 Å². The number of aromatic nitrogens is 2. The van der Waals surface area contributed by atoms with Gasteiger partial charge in [0.05, 0.1) is 11.7 Å². The van der Waals surface area contributed by atoms with Crippen molar-refractivity contribution in [3.05, 3.63) is 56.4 Å². The number of halogens is 1. The van der Waals surface area contributed by atoms with Gasteiger partial charge in [0, 0.05) is 15.6 Å². The van der Waals surface area contributed by atoms with Crippen LogP contribution in [0.15, 0.2) is 35.4 Å². The number of carbonyl (C=O) groups is 1. The third-order valence-electron chi connectivity index (χ3n) is 5.15. The minimum atomic E-state index is -0.664. The highest BCUT2D eigenvalue weighted by molar-refractivity contribution is 7.18. The number of fused-ring (bicyclic) bond motifs is 3. The van der Waals surface area contributed by atoms with Crippen LogP contribution in [0.4, 0.5) is 5.69 Å². The summed E-state index contributed by atoms with van der Waals surface area (Å²) < 4.78 is 1.43. The van der Waals surface area contributed by atoms with Gasteiger partial charge >= 0.3 is 0 Å². The molecule has 1 N–H and O–H groups in total. The minimum Gasteiger partial charge on any atom is -0.324 e. The zero-order valence-corrected chi connectivity index (χ0v) is 16.7. The second kappa shape index (κ2) is 7.09. The monoisotopic (exact) mass is 401 g/mol. The minimum absolute atomic E-state index is 0.134. The molecule has 0 saturated heterocycles. The van der Waals surface area contributed by atoms with E-state index in [0.717, 1.165) is 29.7 Å². The third kappa shape index (κ3) is 3.39. The maximum atomic E-state index is 13.1. The topological polar surface area (TPSA) is 64.0 Å². The zero-order chi connectivity index (χ0) is 19.1. The number of carbonyl (C=O) groups excluding carboxylic acids is 1. The Hall–Kier alpha value is -2.18. The van der Waals surface area contributed by atoms with Crippen molar-refractivity contribution in [1.82, 2.24) is 9.55 Å². The number of hydrogen-bond donors (Lipinski definition) is 1. The molecule has 0 aliphatic heterocycles. The summed E-state index contributed by atoms with van der Waals surface area (Å²) >= 11 is 7.49. The van der Waals surface area contributed by atoms with E-state index >= 15 is 0 Å². The Bertz CT molecular complexity index is 1070. The molecule has 2 atom stereocenters. The van der Waals surface area contributed by atoms with Gasteiger partial charge in [0.15, 0.2) is 0 Å². The van der Waals surface area contributed by atoms with Crippen LogP contribution in [0.3, 0.4) is 0 Å².